The van der Waals surface area contributed by atoms with E-state index in [1.54, 1.807) is 12.4 Å². The van der Waals surface area contributed by atoms with Crippen LogP contribution in [0.2, 0.25) is 0 Å². The SMILES string of the molecule is Cc1nc(C(=O)Nc2c(C#N)cnn2C)cs1. The molecule has 0 radical (unpaired) electrons. The van der Waals surface area contributed by atoms with Crippen LogP contribution in [0.3, 0.4) is 0 Å². The first kappa shape index (κ1) is 11.3. The lowest BCUT2D eigenvalue weighted by Crippen LogP contribution is -2.15. The first-order valence-corrected chi connectivity index (χ1v) is 5.65. The second kappa shape index (κ2) is 4.35. The average Bonchev–Trinajstić information content (AvgIpc) is 2.87. The minimum absolute atomic E-state index is 0.327. The number of carbonyl (C=O) groups is 1. The maximum atomic E-state index is 11.8. The Balaban J connectivity index is 2.24. The molecule has 0 saturated carbocycles. The Morgan fingerprint density at radius 2 is 2.41 bits per heavy atom. The van der Waals surface area contributed by atoms with Crippen molar-refractivity contribution in [2.24, 2.45) is 7.05 Å². The van der Waals surface area contributed by atoms with Gasteiger partial charge < -0.3 is 5.32 Å². The third-order valence-electron chi connectivity index (χ3n) is 2.14. The van der Waals surface area contributed by atoms with Crippen LogP contribution in [0, 0.1) is 18.3 Å². The average molecular weight is 247 g/mol. The molecular weight excluding hydrogens is 238 g/mol. The standard InChI is InChI=1S/C10H9N5OS/c1-6-13-8(5-17-6)10(16)14-9-7(3-11)4-12-15(9)2/h4-5H,1-2H3,(H,14,16). The second-order valence-electron chi connectivity index (χ2n) is 3.35. The Hall–Kier alpha value is -2.20. The highest BCUT2D eigenvalue weighted by atomic mass is 32.1. The van der Waals surface area contributed by atoms with E-state index in [1.165, 1.54) is 22.2 Å². The van der Waals surface area contributed by atoms with Gasteiger partial charge in [-0.05, 0) is 6.92 Å². The highest BCUT2D eigenvalue weighted by molar-refractivity contribution is 7.09. The number of thiazole rings is 1. The summed E-state index contributed by atoms with van der Waals surface area (Å²) in [5, 5.41) is 17.9. The summed E-state index contributed by atoms with van der Waals surface area (Å²) in [6, 6.07) is 1.96. The molecule has 7 heteroatoms. The summed E-state index contributed by atoms with van der Waals surface area (Å²) >= 11 is 1.40. The van der Waals surface area contributed by atoms with Gasteiger partial charge in [0.1, 0.15) is 23.1 Å². The molecule has 2 aromatic heterocycles. The predicted molar refractivity (Wildman–Crippen MR) is 62.7 cm³/mol. The van der Waals surface area contributed by atoms with E-state index in [0.29, 0.717) is 17.1 Å². The van der Waals surface area contributed by atoms with Crippen LogP contribution < -0.4 is 5.32 Å². The number of rotatable bonds is 2. The number of hydrogen-bond acceptors (Lipinski definition) is 5. The monoisotopic (exact) mass is 247 g/mol. The summed E-state index contributed by atoms with van der Waals surface area (Å²) in [5.41, 5.74) is 0.672. The zero-order valence-electron chi connectivity index (χ0n) is 9.26. The molecule has 2 heterocycles. The number of amides is 1. The van der Waals surface area contributed by atoms with Gasteiger partial charge in [0, 0.05) is 12.4 Å². The molecule has 2 rings (SSSR count). The van der Waals surface area contributed by atoms with E-state index >= 15 is 0 Å². The Labute approximate surface area is 102 Å². The molecule has 0 unspecified atom stereocenters. The molecule has 6 nitrogen and oxygen atoms in total. The van der Waals surface area contributed by atoms with Gasteiger partial charge in [-0.25, -0.2) is 4.98 Å². The van der Waals surface area contributed by atoms with E-state index in [-0.39, 0.29) is 5.91 Å². The number of nitrogens with one attached hydrogen (secondary N) is 1. The summed E-state index contributed by atoms with van der Waals surface area (Å²) in [7, 11) is 1.66. The zero-order chi connectivity index (χ0) is 12.4. The Morgan fingerprint density at radius 3 is 3.00 bits per heavy atom. The van der Waals surface area contributed by atoms with Crippen molar-refractivity contribution in [2.75, 3.05) is 5.32 Å². The molecule has 0 spiro atoms. The van der Waals surface area contributed by atoms with E-state index in [1.807, 2.05) is 13.0 Å². The van der Waals surface area contributed by atoms with Crippen LogP contribution in [0.15, 0.2) is 11.6 Å². The smallest absolute Gasteiger partial charge is 0.276 e. The summed E-state index contributed by atoms with van der Waals surface area (Å²) in [6.07, 6.45) is 1.40. The number of aromatic nitrogens is 3. The number of hydrogen-bond donors (Lipinski definition) is 1. The van der Waals surface area contributed by atoms with Gasteiger partial charge in [-0.3, -0.25) is 9.48 Å². The third kappa shape index (κ3) is 2.16. The van der Waals surface area contributed by atoms with E-state index in [0.717, 1.165) is 5.01 Å². The molecular formula is C10H9N5OS. The van der Waals surface area contributed by atoms with Gasteiger partial charge in [0.2, 0.25) is 0 Å². The van der Waals surface area contributed by atoms with Crippen molar-refractivity contribution in [3.8, 4) is 6.07 Å². The van der Waals surface area contributed by atoms with Crippen molar-refractivity contribution in [1.82, 2.24) is 14.8 Å². The van der Waals surface area contributed by atoms with Gasteiger partial charge in [0.25, 0.3) is 5.91 Å². The van der Waals surface area contributed by atoms with Crippen molar-refractivity contribution in [2.45, 2.75) is 6.92 Å². The first-order chi connectivity index (χ1) is 8.11. The molecule has 2 aromatic rings. The lowest BCUT2D eigenvalue weighted by Gasteiger charge is -2.03. The number of aryl methyl sites for hydroxylation is 2. The van der Waals surface area contributed by atoms with Gasteiger partial charge in [-0.15, -0.1) is 11.3 Å². The Bertz CT molecular complexity index is 606. The lowest BCUT2D eigenvalue weighted by atomic mass is 10.3. The van der Waals surface area contributed by atoms with Crippen LogP contribution in [0.25, 0.3) is 0 Å². The van der Waals surface area contributed by atoms with E-state index < -0.39 is 0 Å². The molecule has 0 aliphatic heterocycles. The minimum Gasteiger partial charge on any atom is -0.304 e. The van der Waals surface area contributed by atoms with Crippen LogP contribution in [0.1, 0.15) is 21.1 Å². The highest BCUT2D eigenvalue weighted by Gasteiger charge is 2.14. The third-order valence-corrected chi connectivity index (χ3v) is 2.92. The summed E-state index contributed by atoms with van der Waals surface area (Å²) in [4.78, 5) is 15.9. The van der Waals surface area contributed by atoms with Crippen LogP contribution >= 0.6 is 11.3 Å². The van der Waals surface area contributed by atoms with E-state index in [9.17, 15) is 4.79 Å². The van der Waals surface area contributed by atoms with Crippen LogP contribution in [0.5, 0.6) is 0 Å². The van der Waals surface area contributed by atoms with Gasteiger partial charge in [0.05, 0.1) is 11.2 Å². The molecule has 0 aliphatic rings. The Morgan fingerprint density at radius 1 is 1.65 bits per heavy atom. The molecule has 0 atom stereocenters. The molecule has 0 aromatic carbocycles. The van der Waals surface area contributed by atoms with Gasteiger partial charge in [-0.2, -0.15) is 10.4 Å². The van der Waals surface area contributed by atoms with Crippen LogP contribution in [-0.2, 0) is 7.05 Å². The molecule has 86 valence electrons. The molecule has 0 fully saturated rings. The maximum absolute atomic E-state index is 11.8. The van der Waals surface area contributed by atoms with Crippen molar-refractivity contribution < 1.29 is 4.79 Å². The van der Waals surface area contributed by atoms with Gasteiger partial charge in [0.15, 0.2) is 0 Å². The fourth-order valence-corrected chi connectivity index (χ4v) is 1.90. The predicted octanol–water partition coefficient (Wildman–Crippen LogP) is 1.31. The summed E-state index contributed by atoms with van der Waals surface area (Å²) in [5.74, 6) is 0.0394. The second-order valence-corrected chi connectivity index (χ2v) is 4.41. The minimum atomic E-state index is -0.338. The van der Waals surface area contributed by atoms with Crippen LogP contribution in [-0.4, -0.2) is 20.7 Å². The molecule has 0 aliphatic carbocycles. The number of nitriles is 1. The van der Waals surface area contributed by atoms with Crippen molar-refractivity contribution in [1.29, 1.82) is 5.26 Å². The topological polar surface area (TPSA) is 83.6 Å². The van der Waals surface area contributed by atoms with E-state index in [4.69, 9.17) is 5.26 Å². The maximum Gasteiger partial charge on any atom is 0.276 e. The van der Waals surface area contributed by atoms with Crippen molar-refractivity contribution in [3.05, 3.63) is 27.8 Å². The quantitative estimate of drug-likeness (QED) is 0.867. The number of carbonyl (C=O) groups excluding carboxylic acids is 1. The molecule has 1 amide bonds. The summed E-state index contributed by atoms with van der Waals surface area (Å²) in [6.45, 7) is 1.83. The first-order valence-electron chi connectivity index (χ1n) is 4.77. The molecule has 1 N–H and O–H groups in total. The van der Waals surface area contributed by atoms with Gasteiger partial charge in [-0.1, -0.05) is 0 Å². The zero-order valence-corrected chi connectivity index (χ0v) is 10.1. The van der Waals surface area contributed by atoms with Gasteiger partial charge >= 0.3 is 0 Å². The Kier molecular flexibility index (Phi) is 2.89. The fraction of sp³-hybridized carbons (Fsp3) is 0.200. The molecule has 17 heavy (non-hydrogen) atoms. The van der Waals surface area contributed by atoms with Crippen molar-refractivity contribution >= 4 is 23.1 Å². The normalized spacial score (nSPS) is 9.94. The summed E-state index contributed by atoms with van der Waals surface area (Å²) < 4.78 is 1.44. The number of nitrogens with zero attached hydrogens (tertiary/aromatic N) is 4. The molecule has 0 bridgehead atoms. The number of anilines is 1. The van der Waals surface area contributed by atoms with Crippen molar-refractivity contribution in [3.63, 3.8) is 0 Å². The lowest BCUT2D eigenvalue weighted by molar-refractivity contribution is 0.102. The highest BCUT2D eigenvalue weighted by Crippen LogP contribution is 2.15. The van der Waals surface area contributed by atoms with E-state index in [2.05, 4.69) is 15.4 Å². The van der Waals surface area contributed by atoms with Crippen LogP contribution in [0.4, 0.5) is 5.82 Å². The molecule has 0 saturated heterocycles. The fourth-order valence-electron chi connectivity index (χ4n) is 1.31. The largest absolute Gasteiger partial charge is 0.304 e.